The van der Waals surface area contributed by atoms with Crippen LogP contribution in [0.5, 0.6) is 17.4 Å². The molecule has 1 aromatic heterocycles. The molecule has 2 aromatic rings. The van der Waals surface area contributed by atoms with Gasteiger partial charge in [0.1, 0.15) is 24.4 Å². The zero-order valence-electron chi connectivity index (χ0n) is 24.9. The van der Waals surface area contributed by atoms with Crippen molar-refractivity contribution >= 4 is 17.6 Å². The number of hydrogen-bond donors (Lipinski definition) is 5. The van der Waals surface area contributed by atoms with E-state index in [0.29, 0.717) is 60.5 Å². The van der Waals surface area contributed by atoms with Gasteiger partial charge in [0.05, 0.1) is 44.8 Å². The molecule has 0 amide bonds. The monoisotopic (exact) mass is 604 g/mol. The Morgan fingerprint density at radius 1 is 1.05 bits per heavy atom. The number of aromatic nitrogens is 2. The molecule has 1 saturated carbocycles. The number of carbonyl (C=O) groups excluding carboxylic acids is 1. The van der Waals surface area contributed by atoms with Crippen LogP contribution in [-0.4, -0.2) is 125 Å². The van der Waals surface area contributed by atoms with Gasteiger partial charge in [0.15, 0.2) is 17.6 Å². The molecule has 1 aliphatic heterocycles. The van der Waals surface area contributed by atoms with E-state index in [1.165, 1.54) is 7.11 Å². The lowest BCUT2D eigenvalue weighted by molar-refractivity contribution is -0.176. The number of benzene rings is 1. The average molecular weight is 605 g/mol. The van der Waals surface area contributed by atoms with E-state index >= 15 is 0 Å². The first-order chi connectivity index (χ1) is 20.5. The van der Waals surface area contributed by atoms with Gasteiger partial charge in [0.2, 0.25) is 11.8 Å². The van der Waals surface area contributed by atoms with Gasteiger partial charge in [-0.05, 0) is 43.9 Å². The topological polar surface area (TPSA) is 197 Å². The highest BCUT2D eigenvalue weighted by Gasteiger charge is 2.41. The third kappa shape index (κ3) is 6.68. The normalized spacial score (nSPS) is 22.2. The Morgan fingerprint density at radius 3 is 2.42 bits per heavy atom. The number of ether oxygens (including phenoxy) is 4. The zero-order valence-corrected chi connectivity index (χ0v) is 24.9. The molecule has 5 N–H and O–H groups in total. The molecule has 2 aliphatic rings. The largest absolute Gasteiger partial charge is 0.493 e. The summed E-state index contributed by atoms with van der Waals surface area (Å²) in [5, 5.41) is 48.9. The van der Waals surface area contributed by atoms with Gasteiger partial charge in [-0.2, -0.15) is 4.98 Å². The van der Waals surface area contributed by atoms with E-state index < -0.39 is 43.1 Å². The van der Waals surface area contributed by atoms with E-state index in [2.05, 4.69) is 9.97 Å². The lowest BCUT2D eigenvalue weighted by atomic mass is 9.74. The second-order valence-corrected chi connectivity index (χ2v) is 10.7. The third-order valence-corrected chi connectivity index (χ3v) is 7.72. The molecule has 1 aromatic carbocycles. The summed E-state index contributed by atoms with van der Waals surface area (Å²) in [6.45, 7) is 1.42. The highest BCUT2D eigenvalue weighted by atomic mass is 16.6. The summed E-state index contributed by atoms with van der Waals surface area (Å²) in [6, 6.07) is 3.55. The van der Waals surface area contributed by atoms with Crippen LogP contribution in [0, 0.1) is 0 Å². The van der Waals surface area contributed by atoms with Gasteiger partial charge in [-0.15, -0.1) is 0 Å². The van der Waals surface area contributed by atoms with E-state index in [0.717, 1.165) is 11.1 Å². The summed E-state index contributed by atoms with van der Waals surface area (Å²) in [5.41, 5.74) is 2.88. The molecule has 14 heteroatoms. The molecule has 7 atom stereocenters. The van der Waals surface area contributed by atoms with Gasteiger partial charge >= 0.3 is 5.97 Å². The van der Waals surface area contributed by atoms with Crippen molar-refractivity contribution in [1.82, 2.24) is 9.97 Å². The minimum absolute atomic E-state index is 0.199. The van der Waals surface area contributed by atoms with E-state index in [4.69, 9.17) is 29.0 Å². The predicted molar refractivity (Wildman–Crippen MR) is 154 cm³/mol. The molecule has 0 radical (unpaired) electrons. The lowest BCUT2D eigenvalue weighted by Crippen LogP contribution is -2.50. The van der Waals surface area contributed by atoms with Crippen LogP contribution in [0.2, 0.25) is 0 Å². The number of aliphatic hydroxyl groups excluding tert-OH is 5. The number of aliphatic imine (C=N–C) groups is 1. The summed E-state index contributed by atoms with van der Waals surface area (Å²) in [7, 11) is 6.75. The van der Waals surface area contributed by atoms with Crippen molar-refractivity contribution in [2.75, 3.05) is 46.4 Å². The van der Waals surface area contributed by atoms with E-state index in [1.807, 2.05) is 33.2 Å². The van der Waals surface area contributed by atoms with Crippen molar-refractivity contribution in [3.05, 3.63) is 35.0 Å². The number of rotatable bonds is 12. The third-order valence-electron chi connectivity index (χ3n) is 7.72. The maximum atomic E-state index is 12.7. The molecular weight excluding hydrogens is 564 g/mol. The fourth-order valence-electron chi connectivity index (χ4n) is 5.46. The van der Waals surface area contributed by atoms with Crippen LogP contribution >= 0.6 is 0 Å². The Bertz CT molecular complexity index is 1320. The first kappa shape index (κ1) is 32.4. The van der Waals surface area contributed by atoms with E-state index in [9.17, 15) is 25.2 Å². The highest BCUT2D eigenvalue weighted by molar-refractivity contribution is 6.16. The number of aliphatic hydroxyl groups is 5. The van der Waals surface area contributed by atoms with Crippen LogP contribution in [0.4, 0.5) is 5.95 Å². The molecule has 0 saturated heterocycles. The molecule has 4 rings (SSSR count). The Hall–Kier alpha value is -3.56. The van der Waals surface area contributed by atoms with Gasteiger partial charge < -0.3 is 49.4 Å². The predicted octanol–water partition coefficient (Wildman–Crippen LogP) is -0.207. The number of nitrogens with zero attached hydrogens (tertiary/aromatic N) is 4. The van der Waals surface area contributed by atoms with Crippen LogP contribution < -0.4 is 19.1 Å². The van der Waals surface area contributed by atoms with Crippen molar-refractivity contribution in [2.24, 2.45) is 4.99 Å². The zero-order chi connectivity index (χ0) is 31.4. The van der Waals surface area contributed by atoms with Gasteiger partial charge in [-0.1, -0.05) is 0 Å². The Labute approximate surface area is 249 Å². The molecule has 43 heavy (non-hydrogen) atoms. The Morgan fingerprint density at radius 2 is 1.79 bits per heavy atom. The SMILES string of the molecule is CCOc1cc2c(cc1OC)C(c1cnc(N(C)C)nc1OC)=N[C@@H]1CC[C@@H](OC(=O)[C@H](O)[C@@H](O)[C@H](O)[C@H](O)CO)CC21. The first-order valence-corrected chi connectivity index (χ1v) is 14.1. The van der Waals surface area contributed by atoms with Crippen LogP contribution in [0.3, 0.4) is 0 Å². The average Bonchev–Trinajstić information content (AvgIpc) is 3.02. The Kier molecular flexibility index (Phi) is 10.4. The summed E-state index contributed by atoms with van der Waals surface area (Å²) >= 11 is 0. The van der Waals surface area contributed by atoms with Gasteiger partial charge in [-0.25, -0.2) is 9.78 Å². The second kappa shape index (κ2) is 13.8. The fourth-order valence-corrected chi connectivity index (χ4v) is 5.46. The fraction of sp³-hybridized carbons (Fsp3) is 0.586. The molecule has 2 heterocycles. The first-order valence-electron chi connectivity index (χ1n) is 14.1. The van der Waals surface area contributed by atoms with Crippen molar-refractivity contribution in [3.63, 3.8) is 0 Å². The standard InChI is InChI=1S/C29H40N4O10/c1-6-42-22-10-15-16-9-14(43-28(39)26(38)25(37)24(36)20(35)13-34)7-8-19(16)31-23(17(15)11-21(22)40-4)18-12-30-29(33(2)3)32-27(18)41-5/h10-12,14,16,19-20,24-26,34-38H,6-9,13H2,1-5H3/t14-,16?,19-,20-,24-,25+,26-/m1/s1. The van der Waals surface area contributed by atoms with Crippen molar-refractivity contribution < 1.29 is 49.3 Å². The minimum atomic E-state index is -2.12. The highest BCUT2D eigenvalue weighted by Crippen LogP contribution is 2.46. The number of fused-ring (bicyclic) bond motifs is 3. The van der Waals surface area contributed by atoms with E-state index in [-0.39, 0.29) is 12.0 Å². The van der Waals surface area contributed by atoms with Gasteiger partial charge in [-0.3, -0.25) is 4.99 Å². The molecule has 1 aliphatic carbocycles. The van der Waals surface area contributed by atoms with Crippen LogP contribution in [0.15, 0.2) is 23.3 Å². The molecule has 0 spiro atoms. The van der Waals surface area contributed by atoms with E-state index in [1.54, 1.807) is 18.2 Å². The van der Waals surface area contributed by atoms with Gasteiger partial charge in [0, 0.05) is 31.8 Å². The van der Waals surface area contributed by atoms with Crippen LogP contribution in [0.1, 0.15) is 48.8 Å². The van der Waals surface area contributed by atoms with Crippen molar-refractivity contribution in [2.45, 2.75) is 68.7 Å². The maximum absolute atomic E-state index is 12.7. The summed E-state index contributed by atoms with van der Waals surface area (Å²) in [4.78, 5) is 28.6. The number of carbonyl (C=O) groups is 1. The Balaban J connectivity index is 1.68. The number of methoxy groups -OCH3 is 2. The van der Waals surface area contributed by atoms with Crippen LogP contribution in [-0.2, 0) is 9.53 Å². The number of anilines is 1. The quantitative estimate of drug-likeness (QED) is 0.200. The number of esters is 1. The molecule has 0 bridgehead atoms. The van der Waals surface area contributed by atoms with Crippen molar-refractivity contribution in [1.29, 1.82) is 0 Å². The number of hydrogen-bond acceptors (Lipinski definition) is 14. The summed E-state index contributed by atoms with van der Waals surface area (Å²) in [5.74, 6) is 0.547. The molecule has 236 valence electrons. The molecule has 1 fully saturated rings. The lowest BCUT2D eigenvalue weighted by Gasteiger charge is -2.39. The summed E-state index contributed by atoms with van der Waals surface area (Å²) in [6.07, 6.45) is -5.49. The molecule has 1 unspecified atom stereocenters. The minimum Gasteiger partial charge on any atom is -0.493 e. The van der Waals surface area contributed by atoms with Gasteiger partial charge in [0.25, 0.3) is 0 Å². The second-order valence-electron chi connectivity index (χ2n) is 10.7. The van der Waals surface area contributed by atoms with Crippen LogP contribution in [0.25, 0.3) is 0 Å². The van der Waals surface area contributed by atoms with Crippen molar-refractivity contribution in [3.8, 4) is 17.4 Å². The molecular formula is C29H40N4O10. The summed E-state index contributed by atoms with van der Waals surface area (Å²) < 4.78 is 22.7. The smallest absolute Gasteiger partial charge is 0.338 e. The maximum Gasteiger partial charge on any atom is 0.338 e. The molecule has 14 nitrogen and oxygen atoms in total.